The van der Waals surface area contributed by atoms with E-state index in [1.54, 1.807) is 0 Å². The summed E-state index contributed by atoms with van der Waals surface area (Å²) < 4.78 is 0. The van der Waals surface area contributed by atoms with Crippen LogP contribution in [0.15, 0.2) is 267 Å². The molecule has 0 aliphatic heterocycles. The summed E-state index contributed by atoms with van der Waals surface area (Å²) in [6.07, 6.45) is 0. The Hall–Kier alpha value is -7.94. The van der Waals surface area contributed by atoms with Gasteiger partial charge in [-0.15, -0.1) is 44.8 Å². The van der Waals surface area contributed by atoms with E-state index in [2.05, 4.69) is 308 Å². The summed E-state index contributed by atoms with van der Waals surface area (Å²) in [5.41, 5.74) is 13.1. The van der Waals surface area contributed by atoms with Gasteiger partial charge in [0.25, 0.3) is 0 Å². The third-order valence-electron chi connectivity index (χ3n) is 17.7. The van der Waals surface area contributed by atoms with Crippen LogP contribution in [0.5, 0.6) is 0 Å². The van der Waals surface area contributed by atoms with Crippen molar-refractivity contribution in [3.63, 3.8) is 0 Å². The first kappa shape index (κ1) is 55.9. The Morgan fingerprint density at radius 1 is 0.279 bits per heavy atom. The second-order valence-electron chi connectivity index (χ2n) is 23.9. The first-order valence-electron chi connectivity index (χ1n) is 30.1. The summed E-state index contributed by atoms with van der Waals surface area (Å²) in [7, 11) is 11.2. The minimum atomic E-state index is -1.65. The molecule has 0 unspecified atom stereocenters. The Morgan fingerprint density at radius 3 is 0.686 bits per heavy atom. The van der Waals surface area contributed by atoms with E-state index in [4.69, 9.17) is 17.0 Å². The molecule has 0 aromatic heterocycles. The van der Waals surface area contributed by atoms with Gasteiger partial charge in [0.1, 0.15) is 0 Å². The Labute approximate surface area is 518 Å². The summed E-state index contributed by atoms with van der Waals surface area (Å²) in [4.78, 5) is 0. The fraction of sp³-hybridized carbons (Fsp3) is 0.0976. The van der Waals surface area contributed by atoms with Crippen LogP contribution in [0.2, 0.25) is 13.1 Å². The third kappa shape index (κ3) is 10.1. The zero-order valence-corrected chi connectivity index (χ0v) is 54.3. The van der Waals surface area contributed by atoms with Gasteiger partial charge in [-0.2, -0.15) is 12.1 Å². The van der Waals surface area contributed by atoms with Crippen LogP contribution in [0.25, 0.3) is 152 Å². The topological polar surface area (TPSA) is 0 Å². The van der Waals surface area contributed by atoms with Crippen molar-refractivity contribution in [3.05, 3.63) is 278 Å². The van der Waals surface area contributed by atoms with Crippen molar-refractivity contribution in [2.24, 2.45) is 0 Å². The van der Waals surface area contributed by atoms with E-state index in [9.17, 15) is 0 Å². The molecule has 416 valence electrons. The molecule has 0 saturated carbocycles. The monoisotopic (exact) mass is 1240 g/mol. The molecule has 0 atom stereocenters. The molecule has 16 aromatic rings. The van der Waals surface area contributed by atoms with Crippen molar-refractivity contribution in [1.29, 1.82) is 0 Å². The van der Waals surface area contributed by atoms with Crippen molar-refractivity contribution in [1.82, 2.24) is 0 Å². The van der Waals surface area contributed by atoms with E-state index in [-0.39, 0.29) is 5.43 Å². The van der Waals surface area contributed by atoms with E-state index in [0.717, 1.165) is 0 Å². The molecule has 86 heavy (non-hydrogen) atoms. The van der Waals surface area contributed by atoms with E-state index in [1.165, 1.54) is 163 Å². The average molecular weight is 1240 g/mol. The van der Waals surface area contributed by atoms with Crippen LogP contribution >= 0.6 is 17.0 Å². The third-order valence-corrected chi connectivity index (χ3v) is 37.4. The Bertz CT molecular complexity index is 4490. The van der Waals surface area contributed by atoms with Crippen LogP contribution in [0.1, 0.15) is 50.7 Å². The fourth-order valence-electron chi connectivity index (χ4n) is 13.4. The SMILES string of the molecule is CC(C)c1cc2c(-c3c4ccccc4cc4ccccc34)ccc(-c3c4ccccc4cc4ccccc34)c2[cH-]1.CC(C)c1cc2c(-c3c4ccccc4cc4ccccc34)ccc(-c3c4ccccc4cc4ccccc34)c2[cH-]1.C[Si](C)=[Zr]([Cl])[Cl]. The molecule has 0 aliphatic rings. The molecular formula is C82H64Cl2SiZr-2. The molecule has 0 bridgehead atoms. The summed E-state index contributed by atoms with van der Waals surface area (Å²) >= 11 is -1.65. The maximum absolute atomic E-state index is 5.62. The normalized spacial score (nSPS) is 11.7. The van der Waals surface area contributed by atoms with Gasteiger partial charge in [-0.25, -0.2) is 0 Å². The molecule has 0 saturated heterocycles. The molecule has 0 aliphatic carbocycles. The van der Waals surface area contributed by atoms with Crippen LogP contribution in [-0.2, 0) is 18.0 Å². The second kappa shape index (κ2) is 23.4. The summed E-state index contributed by atoms with van der Waals surface area (Å²) in [6.45, 7) is 13.5. The quantitative estimate of drug-likeness (QED) is 0.0884. The van der Waals surface area contributed by atoms with Gasteiger partial charge in [-0.05, 0) is 145 Å². The molecule has 0 spiro atoms. The van der Waals surface area contributed by atoms with Gasteiger partial charge in [-0.1, -0.05) is 268 Å². The van der Waals surface area contributed by atoms with E-state index in [0.29, 0.717) is 11.8 Å². The number of halogens is 2. The summed E-state index contributed by atoms with van der Waals surface area (Å²) in [6, 6.07) is 99.2. The van der Waals surface area contributed by atoms with Crippen molar-refractivity contribution < 1.29 is 18.0 Å². The van der Waals surface area contributed by atoms with Gasteiger partial charge in [0.15, 0.2) is 0 Å². The number of benzene rings is 14. The molecule has 4 heteroatoms. The van der Waals surface area contributed by atoms with E-state index >= 15 is 0 Å². The van der Waals surface area contributed by atoms with Crippen LogP contribution in [0, 0.1) is 0 Å². The average Bonchev–Trinajstić information content (AvgIpc) is 1.40. The maximum atomic E-state index is 5.62. The van der Waals surface area contributed by atoms with Crippen LogP contribution in [0.3, 0.4) is 0 Å². The van der Waals surface area contributed by atoms with Gasteiger partial charge in [0, 0.05) is 0 Å². The first-order chi connectivity index (χ1) is 42.0. The van der Waals surface area contributed by atoms with Gasteiger partial charge >= 0.3 is 53.5 Å². The molecule has 0 nitrogen and oxygen atoms in total. The molecule has 0 fully saturated rings. The Balaban J connectivity index is 0.000000139. The van der Waals surface area contributed by atoms with Gasteiger partial charge in [0.05, 0.1) is 0 Å². The molecule has 0 radical (unpaired) electrons. The fourth-order valence-corrected chi connectivity index (χ4v) is 13.4. The second-order valence-corrected chi connectivity index (χ2v) is 46.9. The van der Waals surface area contributed by atoms with Gasteiger partial charge < -0.3 is 0 Å². The number of fused-ring (bicyclic) bond motifs is 10. The standard InChI is InChI=1S/2C40H29.C2H6Si.2ClH.Zr/c2*1-25(2)30-23-37-35(39-31-15-7-3-11-26(31)21-27-12-4-8-16-32(27)39)19-20-36(38(37)24-30)40-33-17-9-5-13-28(33)22-29-14-6-10-18-34(29)40;1-3-2;;;/h2*3-25H,1-2H3;1-2H3;2*1H;/q2*-1;;;;+2/p-2. The number of rotatable bonds is 6. The molecule has 0 heterocycles. The van der Waals surface area contributed by atoms with Crippen LogP contribution in [0.4, 0.5) is 0 Å². The van der Waals surface area contributed by atoms with Crippen LogP contribution < -0.4 is 0 Å². The zero-order chi connectivity index (χ0) is 58.7. The molecular weight excluding hydrogens is 1180 g/mol. The molecule has 0 amide bonds. The van der Waals surface area contributed by atoms with Gasteiger partial charge in [0.2, 0.25) is 0 Å². The van der Waals surface area contributed by atoms with E-state index < -0.39 is 18.0 Å². The predicted molar refractivity (Wildman–Crippen MR) is 378 cm³/mol. The number of hydrogen-bond donors (Lipinski definition) is 0. The van der Waals surface area contributed by atoms with Crippen molar-refractivity contribution in [2.45, 2.75) is 52.6 Å². The Kier molecular flexibility index (Phi) is 15.2. The molecule has 16 aromatic carbocycles. The minimum absolute atomic E-state index is 0.224. The Morgan fingerprint density at radius 2 is 0.477 bits per heavy atom. The first-order valence-corrected chi connectivity index (χ1v) is 42.6. The van der Waals surface area contributed by atoms with Crippen molar-refractivity contribution in [3.8, 4) is 44.5 Å². The van der Waals surface area contributed by atoms with E-state index in [1.807, 2.05) is 0 Å². The predicted octanol–water partition coefficient (Wildman–Crippen LogP) is 25.4. The molecule has 0 N–H and O–H groups in total. The summed E-state index contributed by atoms with van der Waals surface area (Å²) in [5.74, 6) is 0.892. The zero-order valence-electron chi connectivity index (χ0n) is 49.3. The molecule has 16 rings (SSSR count). The summed E-state index contributed by atoms with van der Waals surface area (Å²) in [5, 5.41) is 26.0. The van der Waals surface area contributed by atoms with Crippen LogP contribution in [-0.4, -0.2) is 5.43 Å². The van der Waals surface area contributed by atoms with Crippen molar-refractivity contribution in [2.75, 3.05) is 0 Å². The number of hydrogen-bond acceptors (Lipinski definition) is 0. The van der Waals surface area contributed by atoms with Crippen molar-refractivity contribution >= 4 is 130 Å². The van der Waals surface area contributed by atoms with Gasteiger partial charge in [-0.3, -0.25) is 0 Å².